The second-order valence-corrected chi connectivity index (χ2v) is 4.97. The van der Waals surface area contributed by atoms with Crippen molar-refractivity contribution in [1.29, 1.82) is 0 Å². The van der Waals surface area contributed by atoms with Gasteiger partial charge in [0.15, 0.2) is 0 Å². The molecular formula is C11H14Cl2N2O. The minimum Gasteiger partial charge on any atom is -0.393 e. The molecule has 0 saturated heterocycles. The van der Waals surface area contributed by atoms with Gasteiger partial charge in [0.05, 0.1) is 16.1 Å². The van der Waals surface area contributed by atoms with Crippen LogP contribution in [0.15, 0.2) is 12.3 Å². The molecule has 2 unspecified atom stereocenters. The lowest BCUT2D eigenvalue weighted by atomic mass is 10.1. The van der Waals surface area contributed by atoms with E-state index in [1.165, 1.54) is 0 Å². The van der Waals surface area contributed by atoms with Gasteiger partial charge in [-0.3, -0.25) is 0 Å². The van der Waals surface area contributed by atoms with E-state index in [-0.39, 0.29) is 6.10 Å². The zero-order valence-electron chi connectivity index (χ0n) is 8.79. The van der Waals surface area contributed by atoms with Crippen molar-refractivity contribution in [3.05, 3.63) is 22.3 Å². The Kier molecular flexibility index (Phi) is 3.90. The Labute approximate surface area is 105 Å². The van der Waals surface area contributed by atoms with Crippen molar-refractivity contribution < 1.29 is 5.11 Å². The van der Waals surface area contributed by atoms with Crippen LogP contribution < -0.4 is 5.32 Å². The second kappa shape index (κ2) is 5.21. The van der Waals surface area contributed by atoms with Gasteiger partial charge in [0.25, 0.3) is 0 Å². The number of nitrogens with one attached hydrogen (secondary N) is 1. The zero-order chi connectivity index (χ0) is 11.5. The fraction of sp³-hybridized carbons (Fsp3) is 0.545. The Balaban J connectivity index is 1.94. The standard InChI is InChI=1S/C11H14Cl2N2O/c12-8-4-9(13)11(15-6-8)14-5-7-2-1-3-10(7)16/h4,6-7,10,16H,1-3,5H2,(H,14,15). The quantitative estimate of drug-likeness (QED) is 0.879. The predicted molar refractivity (Wildman–Crippen MR) is 66.1 cm³/mol. The number of aliphatic hydroxyl groups excluding tert-OH is 1. The molecule has 3 nitrogen and oxygen atoms in total. The molecule has 1 heterocycles. The van der Waals surface area contributed by atoms with Gasteiger partial charge in [-0.1, -0.05) is 29.6 Å². The van der Waals surface area contributed by atoms with E-state index in [2.05, 4.69) is 10.3 Å². The van der Waals surface area contributed by atoms with E-state index >= 15 is 0 Å². The molecule has 1 aromatic heterocycles. The third kappa shape index (κ3) is 2.78. The molecule has 0 radical (unpaired) electrons. The van der Waals surface area contributed by atoms with Crippen molar-refractivity contribution in [2.24, 2.45) is 5.92 Å². The number of rotatable bonds is 3. The largest absolute Gasteiger partial charge is 0.393 e. The van der Waals surface area contributed by atoms with Gasteiger partial charge < -0.3 is 10.4 Å². The SMILES string of the molecule is OC1CCCC1CNc1ncc(Cl)cc1Cl. The number of aromatic nitrogens is 1. The Bertz CT molecular complexity index is 373. The number of hydrogen-bond donors (Lipinski definition) is 2. The van der Waals surface area contributed by atoms with Gasteiger partial charge in [0, 0.05) is 18.7 Å². The van der Waals surface area contributed by atoms with Gasteiger partial charge in [-0.15, -0.1) is 0 Å². The molecular weight excluding hydrogens is 247 g/mol. The number of pyridine rings is 1. The van der Waals surface area contributed by atoms with Crippen LogP contribution in [0.5, 0.6) is 0 Å². The average molecular weight is 261 g/mol. The summed E-state index contributed by atoms with van der Waals surface area (Å²) < 4.78 is 0. The molecule has 0 aromatic carbocycles. The molecule has 88 valence electrons. The van der Waals surface area contributed by atoms with Crippen molar-refractivity contribution in [1.82, 2.24) is 4.98 Å². The molecule has 1 fully saturated rings. The van der Waals surface area contributed by atoms with Gasteiger partial charge in [-0.25, -0.2) is 4.98 Å². The summed E-state index contributed by atoms with van der Waals surface area (Å²) in [5, 5.41) is 13.9. The van der Waals surface area contributed by atoms with Gasteiger partial charge in [-0.05, 0) is 18.9 Å². The first-order valence-electron chi connectivity index (χ1n) is 5.40. The number of aliphatic hydroxyl groups is 1. The van der Waals surface area contributed by atoms with E-state index in [1.54, 1.807) is 12.3 Å². The smallest absolute Gasteiger partial charge is 0.144 e. The lowest BCUT2D eigenvalue weighted by Crippen LogP contribution is -2.22. The molecule has 2 atom stereocenters. The van der Waals surface area contributed by atoms with Gasteiger partial charge in [0.2, 0.25) is 0 Å². The fourth-order valence-corrected chi connectivity index (χ4v) is 2.47. The Morgan fingerprint density at radius 2 is 2.25 bits per heavy atom. The topological polar surface area (TPSA) is 45.1 Å². The highest BCUT2D eigenvalue weighted by Gasteiger charge is 2.24. The Morgan fingerprint density at radius 3 is 2.88 bits per heavy atom. The van der Waals surface area contributed by atoms with Crippen LogP contribution in [0, 0.1) is 5.92 Å². The molecule has 0 amide bonds. The van der Waals surface area contributed by atoms with Crippen LogP contribution in [0.2, 0.25) is 10.0 Å². The van der Waals surface area contributed by atoms with Crippen molar-refractivity contribution in [2.45, 2.75) is 25.4 Å². The number of hydrogen-bond acceptors (Lipinski definition) is 3. The maximum absolute atomic E-state index is 9.67. The highest BCUT2D eigenvalue weighted by molar-refractivity contribution is 6.35. The van der Waals surface area contributed by atoms with Crippen molar-refractivity contribution in [3.8, 4) is 0 Å². The second-order valence-electron chi connectivity index (χ2n) is 4.12. The molecule has 1 saturated carbocycles. The van der Waals surface area contributed by atoms with Crippen LogP contribution >= 0.6 is 23.2 Å². The average Bonchev–Trinajstić information content (AvgIpc) is 2.63. The number of halogens is 2. The number of anilines is 1. The summed E-state index contributed by atoms with van der Waals surface area (Å²) in [7, 11) is 0. The molecule has 5 heteroatoms. The van der Waals surface area contributed by atoms with E-state index in [1.807, 2.05) is 0 Å². The van der Waals surface area contributed by atoms with E-state index in [9.17, 15) is 5.11 Å². The van der Waals surface area contributed by atoms with E-state index in [4.69, 9.17) is 23.2 Å². The van der Waals surface area contributed by atoms with Crippen LogP contribution in [-0.4, -0.2) is 22.7 Å². The maximum atomic E-state index is 9.67. The minimum atomic E-state index is -0.196. The molecule has 0 bridgehead atoms. The van der Waals surface area contributed by atoms with Crippen LogP contribution in [0.3, 0.4) is 0 Å². The Hall–Kier alpha value is -0.510. The summed E-state index contributed by atoms with van der Waals surface area (Å²) in [6.45, 7) is 0.704. The molecule has 0 aliphatic heterocycles. The monoisotopic (exact) mass is 260 g/mol. The molecule has 2 rings (SSSR count). The summed E-state index contributed by atoms with van der Waals surface area (Å²) in [5.74, 6) is 0.929. The van der Waals surface area contributed by atoms with Crippen molar-refractivity contribution in [2.75, 3.05) is 11.9 Å². The molecule has 0 spiro atoms. The summed E-state index contributed by atoms with van der Waals surface area (Å²) in [6, 6.07) is 1.66. The van der Waals surface area contributed by atoms with Crippen LogP contribution in [0.25, 0.3) is 0 Å². The van der Waals surface area contributed by atoms with Crippen LogP contribution in [0.1, 0.15) is 19.3 Å². The lowest BCUT2D eigenvalue weighted by Gasteiger charge is -2.15. The van der Waals surface area contributed by atoms with Gasteiger partial charge in [-0.2, -0.15) is 0 Å². The van der Waals surface area contributed by atoms with Crippen LogP contribution in [0.4, 0.5) is 5.82 Å². The summed E-state index contributed by atoms with van der Waals surface area (Å²) >= 11 is 11.7. The van der Waals surface area contributed by atoms with E-state index in [0.717, 1.165) is 19.3 Å². The normalized spacial score (nSPS) is 24.7. The number of nitrogens with zero attached hydrogens (tertiary/aromatic N) is 1. The molecule has 16 heavy (non-hydrogen) atoms. The van der Waals surface area contributed by atoms with E-state index < -0.39 is 0 Å². The summed E-state index contributed by atoms with van der Waals surface area (Å²) in [5.41, 5.74) is 0. The highest BCUT2D eigenvalue weighted by Crippen LogP contribution is 2.27. The first-order chi connectivity index (χ1) is 7.66. The lowest BCUT2D eigenvalue weighted by molar-refractivity contribution is 0.138. The molecule has 1 aromatic rings. The molecule has 1 aliphatic carbocycles. The third-order valence-corrected chi connectivity index (χ3v) is 3.45. The molecule has 1 aliphatic rings. The minimum absolute atomic E-state index is 0.196. The van der Waals surface area contributed by atoms with Crippen molar-refractivity contribution in [3.63, 3.8) is 0 Å². The van der Waals surface area contributed by atoms with Crippen LogP contribution in [-0.2, 0) is 0 Å². The summed E-state index contributed by atoms with van der Waals surface area (Å²) in [4.78, 5) is 4.11. The third-order valence-electron chi connectivity index (χ3n) is 2.96. The zero-order valence-corrected chi connectivity index (χ0v) is 10.3. The Morgan fingerprint density at radius 1 is 1.44 bits per heavy atom. The molecule has 2 N–H and O–H groups in total. The highest BCUT2D eigenvalue weighted by atomic mass is 35.5. The maximum Gasteiger partial charge on any atom is 0.144 e. The van der Waals surface area contributed by atoms with Crippen molar-refractivity contribution >= 4 is 29.0 Å². The first kappa shape index (κ1) is 12.0. The predicted octanol–water partition coefficient (Wildman–Crippen LogP) is 2.96. The fourth-order valence-electron chi connectivity index (χ4n) is 2.03. The van der Waals surface area contributed by atoms with Gasteiger partial charge >= 0.3 is 0 Å². The summed E-state index contributed by atoms with van der Waals surface area (Å²) in [6.07, 6.45) is 4.41. The first-order valence-corrected chi connectivity index (χ1v) is 6.15. The van der Waals surface area contributed by atoms with Gasteiger partial charge in [0.1, 0.15) is 5.82 Å². The van der Waals surface area contributed by atoms with E-state index in [0.29, 0.717) is 28.3 Å².